The summed E-state index contributed by atoms with van der Waals surface area (Å²) in [5.41, 5.74) is 1.43. The molecule has 2 fully saturated rings. The molecule has 2 heterocycles. The van der Waals surface area contributed by atoms with Gasteiger partial charge in [-0.2, -0.15) is 4.31 Å². The summed E-state index contributed by atoms with van der Waals surface area (Å²) in [4.78, 5) is 15.7. The molecule has 0 aromatic heterocycles. The van der Waals surface area contributed by atoms with Gasteiger partial charge in [0.05, 0.1) is 18.1 Å². The Morgan fingerprint density at radius 1 is 0.903 bits per heavy atom. The van der Waals surface area contributed by atoms with Crippen LogP contribution in [0.4, 0.5) is 5.69 Å². The summed E-state index contributed by atoms with van der Waals surface area (Å²) in [6.07, 6.45) is 3.33. The van der Waals surface area contributed by atoms with Crippen molar-refractivity contribution < 1.29 is 17.9 Å². The normalized spacial score (nSPS) is 19.6. The van der Waals surface area contributed by atoms with Crippen LogP contribution in [0.3, 0.4) is 0 Å². The zero-order valence-corrected chi connectivity index (χ0v) is 18.4. The van der Waals surface area contributed by atoms with Crippen LogP contribution in [-0.2, 0) is 19.6 Å². The van der Waals surface area contributed by atoms with Gasteiger partial charge in [-0.25, -0.2) is 8.42 Å². The molecule has 1 atom stereocenters. The first-order valence-electron chi connectivity index (χ1n) is 10.8. The fraction of sp³-hybridized carbons (Fsp3) is 0.435. The van der Waals surface area contributed by atoms with E-state index in [-0.39, 0.29) is 10.8 Å². The zero-order valence-electron chi connectivity index (χ0n) is 17.6. The number of ether oxygens (including phenoxy) is 1. The lowest BCUT2D eigenvalue weighted by atomic mass is 10.0. The number of piperidine rings is 1. The van der Waals surface area contributed by atoms with E-state index in [2.05, 4.69) is 10.2 Å². The lowest BCUT2D eigenvalue weighted by Gasteiger charge is -2.34. The highest BCUT2D eigenvalue weighted by Gasteiger charge is 2.30. The maximum atomic E-state index is 13.3. The van der Waals surface area contributed by atoms with Crippen LogP contribution in [-0.4, -0.2) is 62.9 Å². The molecule has 1 amide bonds. The number of sulfonamides is 1. The average molecular weight is 444 g/mol. The number of hydrogen-bond donors (Lipinski definition) is 1. The van der Waals surface area contributed by atoms with Crippen molar-refractivity contribution in [2.75, 3.05) is 44.7 Å². The van der Waals surface area contributed by atoms with Crippen molar-refractivity contribution in [2.45, 2.75) is 30.2 Å². The highest BCUT2D eigenvalue weighted by molar-refractivity contribution is 7.89. The molecule has 0 aliphatic carbocycles. The van der Waals surface area contributed by atoms with Crippen LogP contribution >= 0.6 is 0 Å². The lowest BCUT2D eigenvalue weighted by Crippen LogP contribution is -2.41. The molecule has 166 valence electrons. The Labute approximate surface area is 184 Å². The van der Waals surface area contributed by atoms with Crippen molar-refractivity contribution in [2.24, 2.45) is 0 Å². The molecule has 2 aliphatic rings. The highest BCUT2D eigenvalue weighted by atomic mass is 32.2. The van der Waals surface area contributed by atoms with Gasteiger partial charge < -0.3 is 10.1 Å². The average Bonchev–Trinajstić information content (AvgIpc) is 2.81. The molecule has 0 radical (unpaired) electrons. The van der Waals surface area contributed by atoms with E-state index in [4.69, 9.17) is 4.74 Å². The molecule has 0 unspecified atom stereocenters. The Bertz CT molecular complexity index is 985. The third kappa shape index (κ3) is 5.15. The maximum Gasteiger partial charge on any atom is 0.246 e. The first-order chi connectivity index (χ1) is 15.1. The van der Waals surface area contributed by atoms with Crippen LogP contribution in [0.1, 0.15) is 30.9 Å². The van der Waals surface area contributed by atoms with Gasteiger partial charge in [0, 0.05) is 18.8 Å². The van der Waals surface area contributed by atoms with Crippen LogP contribution in [0, 0.1) is 0 Å². The Morgan fingerprint density at radius 3 is 2.32 bits per heavy atom. The molecule has 2 aromatic rings. The van der Waals surface area contributed by atoms with Gasteiger partial charge in [-0.15, -0.1) is 0 Å². The molecule has 31 heavy (non-hydrogen) atoms. The summed E-state index contributed by atoms with van der Waals surface area (Å²) >= 11 is 0. The number of nitrogens with zero attached hydrogens (tertiary/aromatic N) is 2. The Kier molecular flexibility index (Phi) is 7.02. The number of morpholine rings is 1. The second kappa shape index (κ2) is 9.91. The summed E-state index contributed by atoms with van der Waals surface area (Å²) in [7, 11) is -3.62. The van der Waals surface area contributed by atoms with Crippen LogP contribution in [0.5, 0.6) is 0 Å². The molecule has 2 aliphatic heterocycles. The van der Waals surface area contributed by atoms with E-state index in [0.29, 0.717) is 32.0 Å². The van der Waals surface area contributed by atoms with Gasteiger partial charge in [-0.1, -0.05) is 42.8 Å². The van der Waals surface area contributed by atoms with Crippen LogP contribution in [0.15, 0.2) is 59.5 Å². The molecular formula is C23H29N3O4S. The Balaban J connectivity index is 1.55. The van der Waals surface area contributed by atoms with E-state index in [1.165, 1.54) is 10.7 Å². The number of likely N-dealkylation sites (tertiary alicyclic amines) is 1. The monoisotopic (exact) mass is 443 g/mol. The summed E-state index contributed by atoms with van der Waals surface area (Å²) in [6, 6.07) is 15.9. The third-order valence-electron chi connectivity index (χ3n) is 5.83. The van der Waals surface area contributed by atoms with Gasteiger partial charge in [0.2, 0.25) is 15.9 Å². The predicted molar refractivity (Wildman–Crippen MR) is 119 cm³/mol. The highest BCUT2D eigenvalue weighted by Crippen LogP contribution is 2.27. The van der Waals surface area contributed by atoms with E-state index in [1.807, 2.05) is 30.3 Å². The Morgan fingerprint density at radius 2 is 1.61 bits per heavy atom. The second-order valence-corrected chi connectivity index (χ2v) is 9.88. The minimum atomic E-state index is -3.62. The number of carbonyl (C=O) groups excluding carboxylic acids is 1. The summed E-state index contributed by atoms with van der Waals surface area (Å²) in [5.74, 6) is -0.144. The van der Waals surface area contributed by atoms with Crippen molar-refractivity contribution in [3.05, 3.63) is 60.2 Å². The molecule has 0 spiro atoms. The number of benzene rings is 2. The van der Waals surface area contributed by atoms with Crippen LogP contribution in [0.2, 0.25) is 0 Å². The minimum absolute atomic E-state index is 0.144. The number of rotatable bonds is 6. The molecule has 2 aromatic carbocycles. The van der Waals surface area contributed by atoms with Gasteiger partial charge in [-0.05, 0) is 49.7 Å². The van der Waals surface area contributed by atoms with Crippen LogP contribution < -0.4 is 5.32 Å². The summed E-state index contributed by atoms with van der Waals surface area (Å²) in [5, 5.41) is 2.96. The van der Waals surface area contributed by atoms with E-state index < -0.39 is 16.1 Å². The van der Waals surface area contributed by atoms with Gasteiger partial charge in [0.15, 0.2) is 0 Å². The number of amides is 1. The quantitative estimate of drug-likeness (QED) is 0.743. The number of hydrogen-bond acceptors (Lipinski definition) is 5. The molecule has 8 heteroatoms. The zero-order chi connectivity index (χ0) is 21.7. The van der Waals surface area contributed by atoms with Gasteiger partial charge in [0.25, 0.3) is 0 Å². The fourth-order valence-electron chi connectivity index (χ4n) is 4.22. The molecule has 0 bridgehead atoms. The van der Waals surface area contributed by atoms with Gasteiger partial charge >= 0.3 is 0 Å². The third-order valence-corrected chi connectivity index (χ3v) is 7.72. The Hall–Kier alpha value is -2.26. The number of anilines is 1. The molecule has 0 saturated carbocycles. The van der Waals surface area contributed by atoms with E-state index in [1.54, 1.807) is 24.3 Å². The first-order valence-corrected chi connectivity index (χ1v) is 12.3. The van der Waals surface area contributed by atoms with Crippen molar-refractivity contribution in [3.8, 4) is 0 Å². The standard InChI is InChI=1S/C23H29N3O4S/c27-23(22(19-8-3-1-4-9-19)25-12-5-2-6-13-25)24-20-10-7-11-21(18-20)31(28,29)26-14-16-30-17-15-26/h1,3-4,7-11,18,22H,2,5-6,12-17H2,(H,24,27)/t22-/m0/s1. The molecule has 1 N–H and O–H groups in total. The molecule has 4 rings (SSSR count). The number of carbonyl (C=O) groups is 1. The second-order valence-electron chi connectivity index (χ2n) is 7.94. The van der Waals surface area contributed by atoms with Crippen molar-refractivity contribution >= 4 is 21.6 Å². The molecular weight excluding hydrogens is 414 g/mol. The fourth-order valence-corrected chi connectivity index (χ4v) is 5.68. The van der Waals surface area contributed by atoms with Crippen molar-refractivity contribution in [1.82, 2.24) is 9.21 Å². The topological polar surface area (TPSA) is 79.0 Å². The van der Waals surface area contributed by atoms with Crippen molar-refractivity contribution in [1.29, 1.82) is 0 Å². The SMILES string of the molecule is O=C(Nc1cccc(S(=O)(=O)N2CCOCC2)c1)[C@H](c1ccccc1)N1CCCCC1. The summed E-state index contributed by atoms with van der Waals surface area (Å²) in [6.45, 7) is 3.21. The first kappa shape index (κ1) is 22.0. The molecule has 2 saturated heterocycles. The van der Waals surface area contributed by atoms with Gasteiger partial charge in [-0.3, -0.25) is 9.69 Å². The van der Waals surface area contributed by atoms with Crippen LogP contribution in [0.25, 0.3) is 0 Å². The van der Waals surface area contributed by atoms with E-state index in [0.717, 1.165) is 31.5 Å². The van der Waals surface area contributed by atoms with E-state index >= 15 is 0 Å². The smallest absolute Gasteiger partial charge is 0.246 e. The van der Waals surface area contributed by atoms with Crippen molar-refractivity contribution in [3.63, 3.8) is 0 Å². The summed E-state index contributed by atoms with van der Waals surface area (Å²) < 4.78 is 32.6. The lowest BCUT2D eigenvalue weighted by molar-refractivity contribution is -0.122. The van der Waals surface area contributed by atoms with Gasteiger partial charge in [0.1, 0.15) is 6.04 Å². The maximum absolute atomic E-state index is 13.3. The predicted octanol–water partition coefficient (Wildman–Crippen LogP) is 2.87. The largest absolute Gasteiger partial charge is 0.379 e. The minimum Gasteiger partial charge on any atom is -0.379 e. The molecule has 7 nitrogen and oxygen atoms in total. The number of nitrogens with one attached hydrogen (secondary N) is 1. The van der Waals surface area contributed by atoms with E-state index in [9.17, 15) is 13.2 Å².